The molecule has 0 spiro atoms. The van der Waals surface area contributed by atoms with E-state index < -0.39 is 17.8 Å². The number of benzene rings is 1. The maximum absolute atomic E-state index is 12.1. The van der Waals surface area contributed by atoms with Gasteiger partial charge in [0.05, 0.1) is 13.5 Å². The molecule has 4 rings (SSSR count). The van der Waals surface area contributed by atoms with E-state index in [2.05, 4.69) is 5.32 Å². The first kappa shape index (κ1) is 14.0. The van der Waals surface area contributed by atoms with E-state index >= 15 is 0 Å². The Morgan fingerprint density at radius 1 is 1.43 bits per heavy atom. The summed E-state index contributed by atoms with van der Waals surface area (Å²) in [5, 5.41) is 2.63. The van der Waals surface area contributed by atoms with Gasteiger partial charge in [0.25, 0.3) is 5.91 Å². The normalized spacial score (nSPS) is 27.6. The Kier molecular flexibility index (Phi) is 3.62. The third kappa shape index (κ3) is 2.76. The molecule has 3 atom stereocenters. The number of amides is 1. The number of esters is 1. The molecule has 2 bridgehead atoms. The van der Waals surface area contributed by atoms with Crippen LogP contribution >= 0.6 is 0 Å². The van der Waals surface area contributed by atoms with Gasteiger partial charge in [0.2, 0.25) is 5.79 Å². The summed E-state index contributed by atoms with van der Waals surface area (Å²) in [7, 11) is 1.26. The topological polar surface area (TPSA) is 83.1 Å². The van der Waals surface area contributed by atoms with E-state index in [4.69, 9.17) is 19.2 Å². The summed E-state index contributed by atoms with van der Waals surface area (Å²) >= 11 is 0. The summed E-state index contributed by atoms with van der Waals surface area (Å²) in [5.74, 6) is -1.89. The SMILES string of the molecule is COC(=O)[C@H](C[C@@]12C[C@@H](OO1)O2)NC(=O)c1ccccc1. The molecule has 3 saturated heterocycles. The van der Waals surface area contributed by atoms with Crippen LogP contribution in [0.25, 0.3) is 0 Å². The molecule has 1 aromatic carbocycles. The van der Waals surface area contributed by atoms with Crippen LogP contribution in [0.1, 0.15) is 23.2 Å². The van der Waals surface area contributed by atoms with Gasteiger partial charge in [-0.3, -0.25) is 4.79 Å². The summed E-state index contributed by atoms with van der Waals surface area (Å²) in [6.07, 6.45) is 0.282. The lowest BCUT2D eigenvalue weighted by Crippen LogP contribution is -2.51. The Morgan fingerprint density at radius 3 is 2.71 bits per heavy atom. The van der Waals surface area contributed by atoms with Crippen molar-refractivity contribution in [2.45, 2.75) is 31.0 Å². The first-order valence-corrected chi connectivity index (χ1v) is 6.58. The molecule has 3 heterocycles. The number of rotatable bonds is 5. The number of hydrogen-bond acceptors (Lipinski definition) is 6. The zero-order chi connectivity index (χ0) is 14.9. The van der Waals surface area contributed by atoms with Crippen LogP contribution < -0.4 is 5.32 Å². The highest BCUT2D eigenvalue weighted by Gasteiger charge is 2.58. The average Bonchev–Trinajstić information content (AvgIpc) is 3.06. The molecule has 7 heteroatoms. The van der Waals surface area contributed by atoms with Crippen LogP contribution in [-0.4, -0.2) is 37.1 Å². The molecular formula is C14H15NO6. The Morgan fingerprint density at radius 2 is 2.14 bits per heavy atom. The molecule has 112 valence electrons. The predicted molar refractivity (Wildman–Crippen MR) is 68.7 cm³/mol. The molecule has 0 unspecified atom stereocenters. The first-order valence-electron chi connectivity index (χ1n) is 6.58. The van der Waals surface area contributed by atoms with Crippen LogP contribution in [0, 0.1) is 0 Å². The lowest BCUT2D eigenvalue weighted by atomic mass is 9.98. The molecule has 1 amide bonds. The summed E-state index contributed by atoms with van der Waals surface area (Å²) in [6, 6.07) is 7.74. The highest BCUT2D eigenvalue weighted by molar-refractivity contribution is 5.96. The quantitative estimate of drug-likeness (QED) is 0.637. The molecule has 1 N–H and O–H groups in total. The van der Waals surface area contributed by atoms with Crippen molar-refractivity contribution in [1.82, 2.24) is 5.32 Å². The molecule has 3 fully saturated rings. The van der Waals surface area contributed by atoms with Gasteiger partial charge >= 0.3 is 5.97 Å². The van der Waals surface area contributed by atoms with Crippen LogP contribution in [0.3, 0.4) is 0 Å². The van der Waals surface area contributed by atoms with Crippen molar-refractivity contribution in [2.75, 3.05) is 7.11 Å². The monoisotopic (exact) mass is 293 g/mol. The van der Waals surface area contributed by atoms with Gasteiger partial charge in [-0.05, 0) is 12.1 Å². The van der Waals surface area contributed by atoms with E-state index in [0.717, 1.165) is 0 Å². The van der Waals surface area contributed by atoms with E-state index in [1.165, 1.54) is 7.11 Å². The maximum atomic E-state index is 12.1. The highest BCUT2D eigenvalue weighted by atomic mass is 17.3. The number of ether oxygens (including phenoxy) is 2. The second kappa shape index (κ2) is 5.44. The van der Waals surface area contributed by atoms with Crippen LogP contribution in [0.2, 0.25) is 0 Å². The van der Waals surface area contributed by atoms with Crippen molar-refractivity contribution in [2.24, 2.45) is 0 Å². The van der Waals surface area contributed by atoms with Crippen LogP contribution in [0.15, 0.2) is 30.3 Å². The van der Waals surface area contributed by atoms with E-state index in [1.54, 1.807) is 30.3 Å². The molecule has 21 heavy (non-hydrogen) atoms. The molecule has 0 aromatic heterocycles. The van der Waals surface area contributed by atoms with Crippen molar-refractivity contribution < 1.29 is 28.8 Å². The second-order valence-electron chi connectivity index (χ2n) is 4.96. The number of nitrogens with one attached hydrogen (secondary N) is 1. The van der Waals surface area contributed by atoms with Crippen molar-refractivity contribution in [3.8, 4) is 0 Å². The van der Waals surface area contributed by atoms with Crippen molar-refractivity contribution >= 4 is 11.9 Å². The highest BCUT2D eigenvalue weighted by Crippen LogP contribution is 2.45. The summed E-state index contributed by atoms with van der Waals surface area (Å²) in [5.41, 5.74) is 0.458. The molecule has 3 aliphatic rings. The van der Waals surface area contributed by atoms with Gasteiger partial charge in [-0.1, -0.05) is 18.2 Å². The number of fused-ring (bicyclic) bond motifs is 1. The van der Waals surface area contributed by atoms with Gasteiger partial charge in [0, 0.05) is 12.0 Å². The number of carbonyl (C=O) groups excluding carboxylic acids is 2. The molecule has 7 nitrogen and oxygen atoms in total. The number of methoxy groups -OCH3 is 1. The number of carbonyl (C=O) groups is 2. The third-order valence-corrected chi connectivity index (χ3v) is 3.47. The standard InChI is InChI=1S/C14H15NO6/c1-18-13(17)10(7-14-8-11(19-14)20-21-14)15-12(16)9-5-3-2-4-6-9/h2-6,10-11H,7-8H2,1H3,(H,15,16)/t10-,11+,14-/m0/s1. The Hall–Kier alpha value is -1.96. The van der Waals surface area contributed by atoms with Crippen LogP contribution in [0.5, 0.6) is 0 Å². The fraction of sp³-hybridized carbons (Fsp3) is 0.429. The predicted octanol–water partition coefficient (Wildman–Crippen LogP) is 0.753. The fourth-order valence-corrected chi connectivity index (χ4v) is 2.38. The van der Waals surface area contributed by atoms with Gasteiger partial charge in [-0.2, -0.15) is 4.89 Å². The summed E-state index contributed by atoms with van der Waals surface area (Å²) < 4.78 is 10.1. The van der Waals surface area contributed by atoms with E-state index in [0.29, 0.717) is 12.0 Å². The fourth-order valence-electron chi connectivity index (χ4n) is 2.38. The minimum atomic E-state index is -0.965. The van der Waals surface area contributed by atoms with Crippen LogP contribution in [0.4, 0.5) is 0 Å². The molecule has 0 radical (unpaired) electrons. The van der Waals surface area contributed by atoms with Gasteiger partial charge in [0.1, 0.15) is 6.04 Å². The lowest BCUT2D eigenvalue weighted by molar-refractivity contribution is -0.296. The average molecular weight is 293 g/mol. The molecule has 1 aromatic rings. The van der Waals surface area contributed by atoms with Crippen molar-refractivity contribution in [3.05, 3.63) is 35.9 Å². The third-order valence-electron chi connectivity index (χ3n) is 3.47. The zero-order valence-electron chi connectivity index (χ0n) is 11.4. The number of hydrogen-bond donors (Lipinski definition) is 1. The van der Waals surface area contributed by atoms with Crippen molar-refractivity contribution in [3.63, 3.8) is 0 Å². The van der Waals surface area contributed by atoms with E-state index in [-0.39, 0.29) is 18.6 Å². The summed E-state index contributed by atoms with van der Waals surface area (Å²) in [4.78, 5) is 33.9. The van der Waals surface area contributed by atoms with Gasteiger partial charge < -0.3 is 14.8 Å². The minimum absolute atomic E-state index is 0.134. The maximum Gasteiger partial charge on any atom is 0.328 e. The summed E-state index contributed by atoms with van der Waals surface area (Å²) in [6.45, 7) is 0. The van der Waals surface area contributed by atoms with Crippen molar-refractivity contribution in [1.29, 1.82) is 0 Å². The Balaban J connectivity index is 1.68. The molecule has 0 aliphatic carbocycles. The van der Waals surface area contributed by atoms with Gasteiger partial charge in [-0.25, -0.2) is 9.68 Å². The lowest BCUT2D eigenvalue weighted by Gasteiger charge is -2.34. The first-order chi connectivity index (χ1) is 10.1. The second-order valence-corrected chi connectivity index (χ2v) is 4.96. The molecule has 0 saturated carbocycles. The zero-order valence-corrected chi connectivity index (χ0v) is 11.4. The van der Waals surface area contributed by atoms with Gasteiger partial charge in [-0.15, -0.1) is 0 Å². The Bertz CT molecular complexity index is 534. The van der Waals surface area contributed by atoms with Crippen LogP contribution in [-0.2, 0) is 24.0 Å². The van der Waals surface area contributed by atoms with E-state index in [9.17, 15) is 9.59 Å². The largest absolute Gasteiger partial charge is 0.467 e. The van der Waals surface area contributed by atoms with E-state index in [1.807, 2.05) is 0 Å². The molecule has 3 aliphatic heterocycles. The smallest absolute Gasteiger partial charge is 0.328 e. The molecular weight excluding hydrogens is 278 g/mol. The van der Waals surface area contributed by atoms with Gasteiger partial charge in [0.15, 0.2) is 6.29 Å². The minimum Gasteiger partial charge on any atom is -0.467 e. The Labute approximate surface area is 121 Å².